The van der Waals surface area contributed by atoms with Gasteiger partial charge in [0.2, 0.25) is 0 Å². The number of methoxy groups -OCH3 is 1. The maximum Gasteiger partial charge on any atom is 0.414 e. The van der Waals surface area contributed by atoms with Crippen LogP contribution in [0, 0.1) is 5.82 Å². The number of anilines is 2. The average molecular weight is 513 g/mol. The standard InChI is InChI=1S/C25H25FN4O5S/c1-33-24(36)27-14-18-15-30(25(32)34-18)17-6-7-20(19(26)13-17)28-8-10-29(11-9-28)23(31)22-12-16-4-2-3-5-21(16)35-22/h2-7,12-13,18H,8-11,14-15H2,1H3,(H,27,36)/t18-/m0/s1. The molecule has 1 aromatic heterocycles. The van der Waals surface area contributed by atoms with Gasteiger partial charge in [-0.15, -0.1) is 0 Å². The van der Waals surface area contributed by atoms with E-state index in [1.54, 1.807) is 23.1 Å². The highest BCUT2D eigenvalue weighted by Crippen LogP contribution is 2.29. The minimum Gasteiger partial charge on any atom is -0.474 e. The predicted molar refractivity (Wildman–Crippen MR) is 136 cm³/mol. The van der Waals surface area contributed by atoms with Crippen molar-refractivity contribution < 1.29 is 27.9 Å². The van der Waals surface area contributed by atoms with Crippen molar-refractivity contribution in [2.24, 2.45) is 0 Å². The van der Waals surface area contributed by atoms with E-state index in [1.807, 2.05) is 29.2 Å². The van der Waals surface area contributed by atoms with Gasteiger partial charge in [-0.2, -0.15) is 0 Å². The zero-order chi connectivity index (χ0) is 25.2. The van der Waals surface area contributed by atoms with E-state index in [0.717, 1.165) is 5.39 Å². The summed E-state index contributed by atoms with van der Waals surface area (Å²) in [4.78, 5) is 30.2. The third-order valence-corrected chi connectivity index (χ3v) is 6.63. The molecule has 188 valence electrons. The van der Waals surface area contributed by atoms with Gasteiger partial charge in [0, 0.05) is 31.6 Å². The van der Waals surface area contributed by atoms with Gasteiger partial charge >= 0.3 is 6.09 Å². The first-order valence-corrected chi connectivity index (χ1v) is 12.0. The zero-order valence-electron chi connectivity index (χ0n) is 19.6. The molecule has 11 heteroatoms. The highest BCUT2D eigenvalue weighted by molar-refractivity contribution is 7.80. The van der Waals surface area contributed by atoms with Gasteiger partial charge in [0.05, 0.1) is 31.6 Å². The molecule has 0 radical (unpaired) electrons. The summed E-state index contributed by atoms with van der Waals surface area (Å²) in [7, 11) is 1.45. The lowest BCUT2D eigenvalue weighted by atomic mass is 10.2. The fourth-order valence-electron chi connectivity index (χ4n) is 4.42. The van der Waals surface area contributed by atoms with Gasteiger partial charge in [-0.25, -0.2) is 9.18 Å². The molecule has 2 aliphatic rings. The smallest absolute Gasteiger partial charge is 0.414 e. The minimum absolute atomic E-state index is 0.176. The molecule has 2 aromatic carbocycles. The second-order valence-corrected chi connectivity index (χ2v) is 8.92. The Kier molecular flexibility index (Phi) is 6.64. The first-order chi connectivity index (χ1) is 17.4. The molecule has 1 N–H and O–H groups in total. The number of cyclic esters (lactones) is 1. The SMILES string of the molecule is COC(=S)NC[C@H]1CN(c2ccc(N3CCN(C(=O)c4cc5ccccc5o4)CC3)c(F)c2)C(=O)O1. The number of rotatable bonds is 5. The number of hydrogen-bond acceptors (Lipinski definition) is 7. The summed E-state index contributed by atoms with van der Waals surface area (Å²) >= 11 is 4.93. The Morgan fingerprint density at radius 2 is 1.94 bits per heavy atom. The van der Waals surface area contributed by atoms with Crippen molar-refractivity contribution in [3.63, 3.8) is 0 Å². The van der Waals surface area contributed by atoms with Crippen LogP contribution in [0.15, 0.2) is 52.9 Å². The van der Waals surface area contributed by atoms with E-state index in [1.165, 1.54) is 18.1 Å². The molecule has 2 saturated heterocycles. The Balaban J connectivity index is 1.20. The molecular weight excluding hydrogens is 487 g/mol. The van der Waals surface area contributed by atoms with Gasteiger partial charge in [0.15, 0.2) is 5.76 Å². The van der Waals surface area contributed by atoms with Crippen molar-refractivity contribution >= 4 is 51.7 Å². The third kappa shape index (κ3) is 4.78. The van der Waals surface area contributed by atoms with Crippen LogP contribution in [0.4, 0.5) is 20.6 Å². The number of para-hydroxylation sites is 1. The Morgan fingerprint density at radius 1 is 1.17 bits per heavy atom. The van der Waals surface area contributed by atoms with Crippen LogP contribution in [-0.2, 0) is 9.47 Å². The van der Waals surface area contributed by atoms with Crippen LogP contribution in [-0.4, -0.2) is 74.6 Å². The number of carbonyl (C=O) groups is 2. The lowest BCUT2D eigenvalue weighted by Crippen LogP contribution is -2.49. The highest BCUT2D eigenvalue weighted by Gasteiger charge is 2.33. The molecule has 5 rings (SSSR count). The van der Waals surface area contributed by atoms with Gasteiger partial charge in [-0.1, -0.05) is 18.2 Å². The monoisotopic (exact) mass is 512 g/mol. The predicted octanol–water partition coefficient (Wildman–Crippen LogP) is 3.38. The van der Waals surface area contributed by atoms with Crippen molar-refractivity contribution in [2.45, 2.75) is 6.10 Å². The molecule has 36 heavy (non-hydrogen) atoms. The van der Waals surface area contributed by atoms with E-state index in [9.17, 15) is 9.59 Å². The van der Waals surface area contributed by atoms with Gasteiger partial charge in [0.1, 0.15) is 17.5 Å². The molecule has 3 aromatic rings. The Bertz CT molecular complexity index is 1270. The fraction of sp³-hybridized carbons (Fsp3) is 0.320. The van der Waals surface area contributed by atoms with Gasteiger partial charge in [0.25, 0.3) is 11.1 Å². The second kappa shape index (κ2) is 10.0. The topological polar surface area (TPSA) is 87.5 Å². The molecule has 3 heterocycles. The largest absolute Gasteiger partial charge is 0.474 e. The fourth-order valence-corrected chi connectivity index (χ4v) is 4.51. The number of furan rings is 1. The van der Waals surface area contributed by atoms with Crippen molar-refractivity contribution in [1.29, 1.82) is 0 Å². The summed E-state index contributed by atoms with van der Waals surface area (Å²) in [5, 5.41) is 3.94. The van der Waals surface area contributed by atoms with Crippen LogP contribution in [0.1, 0.15) is 10.6 Å². The Hall–Kier alpha value is -3.86. The van der Waals surface area contributed by atoms with Gasteiger partial charge in [-0.3, -0.25) is 9.69 Å². The number of piperazine rings is 1. The van der Waals surface area contributed by atoms with E-state index in [2.05, 4.69) is 5.32 Å². The van der Waals surface area contributed by atoms with Crippen LogP contribution in [0.25, 0.3) is 11.0 Å². The number of nitrogens with zero attached hydrogens (tertiary/aromatic N) is 3. The lowest BCUT2D eigenvalue weighted by molar-refractivity contribution is 0.0717. The van der Waals surface area contributed by atoms with Crippen molar-refractivity contribution in [3.8, 4) is 0 Å². The summed E-state index contributed by atoms with van der Waals surface area (Å²) in [6.07, 6.45) is -0.985. The maximum absolute atomic E-state index is 15.1. The maximum atomic E-state index is 15.1. The van der Waals surface area contributed by atoms with Crippen molar-refractivity contribution in [1.82, 2.24) is 10.2 Å². The number of amides is 2. The zero-order valence-corrected chi connectivity index (χ0v) is 20.4. The van der Waals surface area contributed by atoms with E-state index in [0.29, 0.717) is 55.4 Å². The number of nitrogens with one attached hydrogen (secondary N) is 1. The van der Waals surface area contributed by atoms with Crippen molar-refractivity contribution in [2.75, 3.05) is 56.2 Å². The summed E-state index contributed by atoms with van der Waals surface area (Å²) in [6, 6.07) is 13.9. The van der Waals surface area contributed by atoms with Crippen LogP contribution >= 0.6 is 12.2 Å². The molecule has 2 aliphatic heterocycles. The molecule has 2 amide bonds. The van der Waals surface area contributed by atoms with E-state index in [4.69, 9.17) is 26.1 Å². The van der Waals surface area contributed by atoms with Crippen molar-refractivity contribution in [3.05, 3.63) is 60.1 Å². The molecule has 0 aliphatic carbocycles. The van der Waals surface area contributed by atoms with Gasteiger partial charge in [-0.05, 0) is 42.5 Å². The molecular formula is C25H25FN4O5S. The number of benzene rings is 2. The van der Waals surface area contributed by atoms with E-state index >= 15 is 4.39 Å². The first kappa shape index (κ1) is 23.9. The average Bonchev–Trinajstić information content (AvgIpc) is 3.50. The van der Waals surface area contributed by atoms with E-state index < -0.39 is 18.0 Å². The van der Waals surface area contributed by atoms with Crippen LogP contribution < -0.4 is 15.1 Å². The highest BCUT2D eigenvalue weighted by atomic mass is 32.1. The number of halogens is 1. The number of hydrogen-bond donors (Lipinski definition) is 1. The summed E-state index contributed by atoms with van der Waals surface area (Å²) in [5.74, 6) is -0.320. The molecule has 1 atom stereocenters. The first-order valence-electron chi connectivity index (χ1n) is 11.6. The summed E-state index contributed by atoms with van der Waals surface area (Å²) in [6.45, 7) is 2.38. The third-order valence-electron chi connectivity index (χ3n) is 6.32. The summed E-state index contributed by atoms with van der Waals surface area (Å²) in [5.41, 5.74) is 1.51. The molecule has 9 nitrogen and oxygen atoms in total. The van der Waals surface area contributed by atoms with Crippen LogP contribution in [0.5, 0.6) is 0 Å². The number of carbonyl (C=O) groups excluding carboxylic acids is 2. The van der Waals surface area contributed by atoms with Gasteiger partial charge < -0.3 is 29.0 Å². The number of fused-ring (bicyclic) bond motifs is 1. The van der Waals surface area contributed by atoms with Crippen LogP contribution in [0.2, 0.25) is 0 Å². The molecule has 0 bridgehead atoms. The van der Waals surface area contributed by atoms with E-state index in [-0.39, 0.29) is 17.6 Å². The Morgan fingerprint density at radius 3 is 2.67 bits per heavy atom. The lowest BCUT2D eigenvalue weighted by Gasteiger charge is -2.36. The second-order valence-electron chi connectivity index (χ2n) is 8.55. The normalized spacial score (nSPS) is 17.9. The molecule has 0 spiro atoms. The molecule has 0 unspecified atom stereocenters. The number of thiocarbonyl (C=S) groups is 1. The summed E-state index contributed by atoms with van der Waals surface area (Å²) < 4.78 is 31.0. The minimum atomic E-state index is -0.546. The Labute approximate surface area is 212 Å². The quantitative estimate of drug-likeness (QED) is 0.521. The number of ether oxygens (including phenoxy) is 2. The molecule has 0 saturated carbocycles. The van der Waals surface area contributed by atoms with Crippen LogP contribution in [0.3, 0.4) is 0 Å². The molecule has 2 fully saturated rings.